The fourth-order valence-corrected chi connectivity index (χ4v) is 2.58. The Kier molecular flexibility index (Phi) is 5.10. The van der Waals surface area contributed by atoms with E-state index in [4.69, 9.17) is 14.7 Å². The molecule has 0 spiro atoms. The highest BCUT2D eigenvalue weighted by Crippen LogP contribution is 2.29. The molecule has 4 nitrogen and oxygen atoms in total. The summed E-state index contributed by atoms with van der Waals surface area (Å²) in [5.74, 6) is 0.852. The van der Waals surface area contributed by atoms with Crippen molar-refractivity contribution >= 4 is 11.3 Å². The van der Waals surface area contributed by atoms with Gasteiger partial charge in [-0.05, 0) is 30.7 Å². The summed E-state index contributed by atoms with van der Waals surface area (Å²) in [6.07, 6.45) is 0.986. The Bertz CT molecular complexity index is 599. The molecular weight excluding hydrogens is 272 g/mol. The molecule has 5 heteroatoms. The lowest BCUT2D eigenvalue weighted by molar-refractivity contribution is 0.182. The number of rotatable bonds is 6. The monoisotopic (exact) mass is 288 g/mol. The average Bonchev–Trinajstić information content (AvgIpc) is 2.89. The van der Waals surface area contributed by atoms with Gasteiger partial charge in [0.05, 0.1) is 18.9 Å². The van der Waals surface area contributed by atoms with Crippen LogP contribution in [0.4, 0.5) is 0 Å². The smallest absolute Gasteiger partial charge is 0.130 e. The van der Waals surface area contributed by atoms with Crippen molar-refractivity contribution in [2.45, 2.75) is 20.0 Å². The summed E-state index contributed by atoms with van der Waals surface area (Å²) in [6.45, 7) is 3.15. The minimum Gasteiger partial charge on any atom is -0.494 e. The van der Waals surface area contributed by atoms with Crippen molar-refractivity contribution in [1.82, 2.24) is 4.98 Å². The number of benzene rings is 1. The van der Waals surface area contributed by atoms with E-state index in [1.807, 2.05) is 24.3 Å². The molecule has 0 aliphatic carbocycles. The Morgan fingerprint density at radius 3 is 2.65 bits per heavy atom. The molecule has 0 atom stereocenters. The van der Waals surface area contributed by atoms with Gasteiger partial charge in [0.2, 0.25) is 0 Å². The number of nitrogens with zero attached hydrogens (tertiary/aromatic N) is 2. The maximum absolute atomic E-state index is 9.09. The first-order valence-electron chi connectivity index (χ1n) is 6.40. The largest absolute Gasteiger partial charge is 0.494 e. The Labute approximate surface area is 122 Å². The van der Waals surface area contributed by atoms with Crippen LogP contribution in [0.3, 0.4) is 0 Å². The van der Waals surface area contributed by atoms with E-state index in [9.17, 15) is 0 Å². The second-order valence-electron chi connectivity index (χ2n) is 4.21. The third-order valence-corrected chi connectivity index (χ3v) is 3.71. The summed E-state index contributed by atoms with van der Waals surface area (Å²) >= 11 is 1.38. The molecule has 0 unspecified atom stereocenters. The molecule has 2 rings (SSSR count). The summed E-state index contributed by atoms with van der Waals surface area (Å²) in [7, 11) is 1.60. The fraction of sp³-hybridized carbons (Fsp3) is 0.333. The second-order valence-corrected chi connectivity index (χ2v) is 5.21. The van der Waals surface area contributed by atoms with Crippen LogP contribution >= 0.6 is 11.3 Å². The van der Waals surface area contributed by atoms with E-state index < -0.39 is 0 Å². The molecule has 2 aromatic rings. The fourth-order valence-electron chi connectivity index (χ4n) is 1.71. The zero-order valence-corrected chi connectivity index (χ0v) is 12.4. The average molecular weight is 288 g/mol. The Hall–Kier alpha value is -1.90. The van der Waals surface area contributed by atoms with Crippen molar-refractivity contribution < 1.29 is 9.47 Å². The van der Waals surface area contributed by atoms with Crippen LogP contribution in [0.1, 0.15) is 23.9 Å². The van der Waals surface area contributed by atoms with Gasteiger partial charge in [-0.2, -0.15) is 5.26 Å². The van der Waals surface area contributed by atoms with Crippen molar-refractivity contribution in [3.05, 3.63) is 34.8 Å². The predicted molar refractivity (Wildman–Crippen MR) is 78.8 cm³/mol. The van der Waals surface area contributed by atoms with E-state index in [0.717, 1.165) is 22.7 Å². The molecule has 1 aromatic carbocycles. The third-order valence-electron chi connectivity index (χ3n) is 2.65. The zero-order valence-electron chi connectivity index (χ0n) is 11.5. The van der Waals surface area contributed by atoms with Gasteiger partial charge in [0, 0.05) is 12.7 Å². The highest BCUT2D eigenvalue weighted by molar-refractivity contribution is 7.15. The molecular formula is C15H16N2O2S. The summed E-state index contributed by atoms with van der Waals surface area (Å²) in [4.78, 5) is 5.07. The Morgan fingerprint density at radius 1 is 1.30 bits per heavy atom. The summed E-state index contributed by atoms with van der Waals surface area (Å²) in [5.41, 5.74) is 1.68. The van der Waals surface area contributed by atoms with Gasteiger partial charge in [0.15, 0.2) is 0 Å². The van der Waals surface area contributed by atoms with Crippen molar-refractivity contribution in [1.29, 1.82) is 5.26 Å². The minimum absolute atomic E-state index is 0.358. The van der Waals surface area contributed by atoms with E-state index in [1.165, 1.54) is 11.3 Å². The first kappa shape index (κ1) is 14.5. The molecule has 0 saturated heterocycles. The van der Waals surface area contributed by atoms with Gasteiger partial charge in [-0.25, -0.2) is 4.98 Å². The molecule has 0 N–H and O–H groups in total. The van der Waals surface area contributed by atoms with Crippen LogP contribution in [-0.2, 0) is 11.3 Å². The standard InChI is InChI=1S/C15H16N2O2S/c1-3-8-19-12-6-4-11(5-7-12)15-17-13(10-18-2)14(9-16)20-15/h4-7H,3,8,10H2,1-2H3. The van der Waals surface area contributed by atoms with Crippen LogP contribution in [-0.4, -0.2) is 18.7 Å². The van der Waals surface area contributed by atoms with Gasteiger partial charge in [-0.3, -0.25) is 0 Å². The number of thiazole rings is 1. The third kappa shape index (κ3) is 3.35. The van der Waals surface area contributed by atoms with E-state index in [0.29, 0.717) is 23.8 Å². The quantitative estimate of drug-likeness (QED) is 0.814. The maximum Gasteiger partial charge on any atom is 0.130 e. The molecule has 0 radical (unpaired) electrons. The highest BCUT2D eigenvalue weighted by atomic mass is 32.1. The highest BCUT2D eigenvalue weighted by Gasteiger charge is 2.12. The number of hydrogen-bond donors (Lipinski definition) is 0. The molecule has 0 aliphatic rings. The number of ether oxygens (including phenoxy) is 2. The maximum atomic E-state index is 9.09. The van der Waals surface area contributed by atoms with E-state index in [2.05, 4.69) is 18.0 Å². The van der Waals surface area contributed by atoms with Crippen molar-refractivity contribution in [3.63, 3.8) is 0 Å². The van der Waals surface area contributed by atoms with Crippen LogP contribution in [0.15, 0.2) is 24.3 Å². The number of methoxy groups -OCH3 is 1. The second kappa shape index (κ2) is 7.04. The first-order chi connectivity index (χ1) is 9.78. The summed E-state index contributed by atoms with van der Waals surface area (Å²) in [6, 6.07) is 9.93. The van der Waals surface area contributed by atoms with Gasteiger partial charge in [-0.15, -0.1) is 11.3 Å². The first-order valence-corrected chi connectivity index (χ1v) is 7.22. The lowest BCUT2D eigenvalue weighted by atomic mass is 10.2. The summed E-state index contributed by atoms with van der Waals surface area (Å²) in [5, 5.41) is 9.92. The molecule has 0 aliphatic heterocycles. The van der Waals surface area contributed by atoms with Crippen molar-refractivity contribution in [2.24, 2.45) is 0 Å². The van der Waals surface area contributed by atoms with Gasteiger partial charge >= 0.3 is 0 Å². The lowest BCUT2D eigenvalue weighted by Crippen LogP contribution is -1.94. The SMILES string of the molecule is CCCOc1ccc(-c2nc(COC)c(C#N)s2)cc1. The molecule has 1 heterocycles. The van der Waals surface area contributed by atoms with Crippen molar-refractivity contribution in [3.8, 4) is 22.4 Å². The van der Waals surface area contributed by atoms with Crippen LogP contribution in [0, 0.1) is 11.3 Å². The van der Waals surface area contributed by atoms with Gasteiger partial charge in [0.1, 0.15) is 21.7 Å². The number of aromatic nitrogens is 1. The van der Waals surface area contributed by atoms with E-state index >= 15 is 0 Å². The predicted octanol–water partition coefficient (Wildman–Crippen LogP) is 3.62. The van der Waals surface area contributed by atoms with E-state index in [1.54, 1.807) is 7.11 Å². The van der Waals surface area contributed by atoms with Gasteiger partial charge in [-0.1, -0.05) is 6.92 Å². The van der Waals surface area contributed by atoms with Crippen LogP contribution in [0.25, 0.3) is 10.6 Å². The number of hydrogen-bond acceptors (Lipinski definition) is 5. The molecule has 0 amide bonds. The minimum atomic E-state index is 0.358. The molecule has 0 fully saturated rings. The van der Waals surface area contributed by atoms with E-state index in [-0.39, 0.29) is 0 Å². The van der Waals surface area contributed by atoms with Crippen LogP contribution in [0.5, 0.6) is 5.75 Å². The Morgan fingerprint density at radius 2 is 2.05 bits per heavy atom. The van der Waals surface area contributed by atoms with Gasteiger partial charge < -0.3 is 9.47 Å². The van der Waals surface area contributed by atoms with Gasteiger partial charge in [0.25, 0.3) is 0 Å². The zero-order chi connectivity index (χ0) is 14.4. The summed E-state index contributed by atoms with van der Waals surface area (Å²) < 4.78 is 10.6. The lowest BCUT2D eigenvalue weighted by Gasteiger charge is -2.04. The molecule has 1 aromatic heterocycles. The number of nitriles is 1. The topological polar surface area (TPSA) is 55.1 Å². The molecule has 20 heavy (non-hydrogen) atoms. The molecule has 0 bridgehead atoms. The molecule has 104 valence electrons. The van der Waals surface area contributed by atoms with Crippen molar-refractivity contribution in [2.75, 3.05) is 13.7 Å². The van der Waals surface area contributed by atoms with Crippen LogP contribution in [0.2, 0.25) is 0 Å². The molecule has 0 saturated carbocycles. The Balaban J connectivity index is 2.21. The normalized spacial score (nSPS) is 10.2. The van der Waals surface area contributed by atoms with Crippen LogP contribution < -0.4 is 4.74 Å².